The number of pyridine rings is 1. The molecule has 0 amide bonds. The monoisotopic (exact) mass is 338 g/mol. The van der Waals surface area contributed by atoms with Gasteiger partial charge in [0.05, 0.1) is 11.0 Å². The van der Waals surface area contributed by atoms with Crippen molar-refractivity contribution in [3.05, 3.63) is 83.6 Å². The molecule has 5 rings (SSSR count). The maximum Gasteiger partial charge on any atom is 0.198 e. The Morgan fingerprint density at radius 1 is 0.846 bits per heavy atom. The number of ketones is 1. The Morgan fingerprint density at radius 2 is 1.69 bits per heavy atom. The lowest BCUT2D eigenvalue weighted by Crippen LogP contribution is -2.01. The second-order valence-electron chi connectivity index (χ2n) is 6.31. The third-order valence-electron chi connectivity index (χ3n) is 4.47. The minimum atomic E-state index is -0.0248. The number of carbonyl (C=O) groups excluding carboxylic acids is 1. The molecule has 0 unspecified atom stereocenters. The molecule has 5 aromatic rings. The minimum Gasteiger partial charge on any atom is -0.289 e. The Hall–Kier alpha value is -3.60. The first-order valence-electron chi connectivity index (χ1n) is 8.35. The van der Waals surface area contributed by atoms with Crippen molar-refractivity contribution >= 4 is 33.8 Å². The van der Waals surface area contributed by atoms with Gasteiger partial charge in [-0.05, 0) is 42.8 Å². The van der Waals surface area contributed by atoms with E-state index in [1.165, 1.54) is 0 Å². The van der Waals surface area contributed by atoms with Gasteiger partial charge in [0.25, 0.3) is 0 Å². The second-order valence-corrected chi connectivity index (χ2v) is 6.31. The number of benzene rings is 2. The molecule has 5 nitrogen and oxygen atoms in total. The van der Waals surface area contributed by atoms with Crippen LogP contribution in [-0.4, -0.2) is 25.1 Å². The van der Waals surface area contributed by atoms with Crippen LogP contribution >= 0.6 is 0 Å². The van der Waals surface area contributed by atoms with E-state index < -0.39 is 0 Å². The Morgan fingerprint density at radius 3 is 2.54 bits per heavy atom. The van der Waals surface area contributed by atoms with Crippen LogP contribution in [-0.2, 0) is 0 Å². The van der Waals surface area contributed by atoms with Crippen molar-refractivity contribution in [2.24, 2.45) is 0 Å². The summed E-state index contributed by atoms with van der Waals surface area (Å²) in [6.45, 7) is 2.03. The standard InChI is InChI=1S/C21H14N4O/c1-13-9-10-25-18(11-13)24-20-21(25)23-17-12-15(7-8-16(17)22-20)19(26)14-5-3-2-4-6-14/h2-12H,1H3. The van der Waals surface area contributed by atoms with Crippen molar-refractivity contribution in [3.63, 3.8) is 0 Å². The first-order chi connectivity index (χ1) is 12.7. The first kappa shape index (κ1) is 14.7. The van der Waals surface area contributed by atoms with Crippen molar-refractivity contribution in [2.45, 2.75) is 6.92 Å². The number of carbonyl (C=O) groups is 1. The van der Waals surface area contributed by atoms with Crippen LogP contribution in [0.3, 0.4) is 0 Å². The summed E-state index contributed by atoms with van der Waals surface area (Å²) in [4.78, 5) is 26.6. The highest BCUT2D eigenvalue weighted by molar-refractivity contribution is 6.10. The van der Waals surface area contributed by atoms with Gasteiger partial charge in [-0.3, -0.25) is 9.20 Å². The van der Waals surface area contributed by atoms with E-state index in [9.17, 15) is 4.79 Å². The van der Waals surface area contributed by atoms with Gasteiger partial charge in [-0.15, -0.1) is 0 Å². The normalized spacial score (nSPS) is 11.4. The van der Waals surface area contributed by atoms with Gasteiger partial charge < -0.3 is 0 Å². The molecule has 26 heavy (non-hydrogen) atoms. The summed E-state index contributed by atoms with van der Waals surface area (Å²) in [7, 11) is 0. The van der Waals surface area contributed by atoms with Crippen LogP contribution in [0.2, 0.25) is 0 Å². The summed E-state index contributed by atoms with van der Waals surface area (Å²) in [5.41, 5.74) is 5.91. The highest BCUT2D eigenvalue weighted by Gasteiger charge is 2.13. The van der Waals surface area contributed by atoms with Crippen LogP contribution < -0.4 is 0 Å². The molecule has 0 saturated carbocycles. The summed E-state index contributed by atoms with van der Waals surface area (Å²) < 4.78 is 1.92. The molecule has 5 heteroatoms. The molecule has 3 aromatic heterocycles. The Labute approximate surface area is 149 Å². The lowest BCUT2D eigenvalue weighted by Gasteiger charge is -2.03. The topological polar surface area (TPSA) is 60.2 Å². The van der Waals surface area contributed by atoms with Gasteiger partial charge in [0.15, 0.2) is 17.1 Å². The average molecular weight is 338 g/mol. The zero-order valence-electron chi connectivity index (χ0n) is 14.0. The lowest BCUT2D eigenvalue weighted by atomic mass is 10.0. The molecule has 0 aliphatic carbocycles. The van der Waals surface area contributed by atoms with Crippen LogP contribution in [0.1, 0.15) is 21.5 Å². The number of hydrogen-bond donors (Lipinski definition) is 0. The lowest BCUT2D eigenvalue weighted by molar-refractivity contribution is 0.103. The zero-order chi connectivity index (χ0) is 17.7. The fourth-order valence-corrected chi connectivity index (χ4v) is 3.13. The largest absolute Gasteiger partial charge is 0.289 e. The van der Waals surface area contributed by atoms with Crippen LogP contribution in [0.25, 0.3) is 28.0 Å². The van der Waals surface area contributed by atoms with Crippen LogP contribution in [0.5, 0.6) is 0 Å². The summed E-state index contributed by atoms with van der Waals surface area (Å²) in [6, 6.07) is 18.7. The summed E-state index contributed by atoms with van der Waals surface area (Å²) in [5.74, 6) is -0.0248. The summed E-state index contributed by atoms with van der Waals surface area (Å²) in [6.07, 6.45) is 1.94. The highest BCUT2D eigenvalue weighted by Crippen LogP contribution is 2.20. The van der Waals surface area contributed by atoms with Crippen molar-refractivity contribution in [1.82, 2.24) is 19.4 Å². The molecule has 0 atom stereocenters. The SMILES string of the molecule is Cc1ccn2c(c1)nc1nc3ccc(C(=O)c4ccccc4)cc3nc12. The molecule has 2 aromatic carbocycles. The van der Waals surface area contributed by atoms with E-state index in [2.05, 4.69) is 9.97 Å². The Bertz CT molecular complexity index is 1310. The molecular weight excluding hydrogens is 324 g/mol. The third kappa shape index (κ3) is 2.25. The number of imidazole rings is 1. The number of rotatable bonds is 2. The van der Waals surface area contributed by atoms with Gasteiger partial charge in [-0.1, -0.05) is 30.3 Å². The molecule has 0 spiro atoms. The third-order valence-corrected chi connectivity index (χ3v) is 4.47. The van der Waals surface area contributed by atoms with Crippen molar-refractivity contribution in [3.8, 4) is 0 Å². The average Bonchev–Trinajstić information content (AvgIpc) is 3.02. The number of aromatic nitrogens is 4. The molecular formula is C21H14N4O. The predicted octanol–water partition coefficient (Wildman–Crippen LogP) is 3.97. The second kappa shape index (κ2) is 5.46. The van der Waals surface area contributed by atoms with E-state index in [0.29, 0.717) is 27.9 Å². The van der Waals surface area contributed by atoms with E-state index in [1.54, 1.807) is 12.1 Å². The summed E-state index contributed by atoms with van der Waals surface area (Å²) >= 11 is 0. The Balaban J connectivity index is 1.71. The van der Waals surface area contributed by atoms with E-state index in [-0.39, 0.29) is 5.78 Å². The maximum absolute atomic E-state index is 12.7. The molecule has 3 heterocycles. The van der Waals surface area contributed by atoms with Crippen LogP contribution in [0.4, 0.5) is 0 Å². The number of hydrogen-bond acceptors (Lipinski definition) is 4. The Kier molecular flexibility index (Phi) is 3.09. The molecule has 0 bridgehead atoms. The van der Waals surface area contributed by atoms with Crippen molar-refractivity contribution in [2.75, 3.05) is 0 Å². The minimum absolute atomic E-state index is 0.0248. The first-order valence-corrected chi connectivity index (χ1v) is 8.35. The van der Waals surface area contributed by atoms with Crippen molar-refractivity contribution in [1.29, 1.82) is 0 Å². The smallest absolute Gasteiger partial charge is 0.198 e. The van der Waals surface area contributed by atoms with Gasteiger partial charge in [-0.25, -0.2) is 15.0 Å². The zero-order valence-corrected chi connectivity index (χ0v) is 14.0. The van der Waals surface area contributed by atoms with Crippen LogP contribution in [0.15, 0.2) is 66.9 Å². The summed E-state index contributed by atoms with van der Waals surface area (Å²) in [5, 5.41) is 0. The van der Waals surface area contributed by atoms with E-state index in [1.807, 2.05) is 66.1 Å². The fraction of sp³-hybridized carbons (Fsp3) is 0.0476. The number of aryl methyl sites for hydroxylation is 1. The quantitative estimate of drug-likeness (QED) is 0.457. The molecule has 124 valence electrons. The predicted molar refractivity (Wildman–Crippen MR) is 100 cm³/mol. The van der Waals surface area contributed by atoms with E-state index >= 15 is 0 Å². The number of nitrogens with zero attached hydrogens (tertiary/aromatic N) is 4. The molecule has 0 aliphatic heterocycles. The molecule has 0 N–H and O–H groups in total. The van der Waals surface area contributed by atoms with Gasteiger partial charge >= 0.3 is 0 Å². The van der Waals surface area contributed by atoms with Gasteiger partial charge in [-0.2, -0.15) is 0 Å². The molecule has 0 saturated heterocycles. The van der Waals surface area contributed by atoms with Gasteiger partial charge in [0.1, 0.15) is 5.65 Å². The van der Waals surface area contributed by atoms with Crippen molar-refractivity contribution < 1.29 is 4.79 Å². The fourth-order valence-electron chi connectivity index (χ4n) is 3.13. The highest BCUT2D eigenvalue weighted by atomic mass is 16.1. The maximum atomic E-state index is 12.7. The molecule has 0 aliphatic rings. The number of fused-ring (bicyclic) bond motifs is 4. The van der Waals surface area contributed by atoms with Gasteiger partial charge in [0.2, 0.25) is 0 Å². The van der Waals surface area contributed by atoms with Gasteiger partial charge in [0, 0.05) is 17.3 Å². The molecule has 0 radical (unpaired) electrons. The van der Waals surface area contributed by atoms with Crippen LogP contribution in [0, 0.1) is 6.92 Å². The van der Waals surface area contributed by atoms with E-state index in [0.717, 1.165) is 16.7 Å². The molecule has 0 fully saturated rings. The van der Waals surface area contributed by atoms with E-state index in [4.69, 9.17) is 4.98 Å².